The molecule has 0 radical (unpaired) electrons. The molecule has 6 nitrogen and oxygen atoms in total. The first-order chi connectivity index (χ1) is 11.1. The average molecular weight is 309 g/mol. The van der Waals surface area contributed by atoms with Gasteiger partial charge in [-0.05, 0) is 30.2 Å². The molecule has 1 amide bonds. The Morgan fingerprint density at radius 3 is 2.39 bits per heavy atom. The molecule has 0 saturated heterocycles. The van der Waals surface area contributed by atoms with Gasteiger partial charge in [0.25, 0.3) is 5.56 Å². The van der Waals surface area contributed by atoms with Crippen molar-refractivity contribution in [1.29, 1.82) is 0 Å². The maximum Gasteiger partial charge on any atom is 0.326 e. The van der Waals surface area contributed by atoms with Crippen molar-refractivity contribution < 1.29 is 4.79 Å². The summed E-state index contributed by atoms with van der Waals surface area (Å²) in [7, 11) is 0. The molecule has 23 heavy (non-hydrogen) atoms. The quantitative estimate of drug-likeness (QED) is 0.591. The zero-order chi connectivity index (χ0) is 16.2. The molecule has 6 heteroatoms. The van der Waals surface area contributed by atoms with E-state index in [1.807, 2.05) is 18.2 Å². The highest BCUT2D eigenvalue weighted by atomic mass is 16.2. The fourth-order valence-corrected chi connectivity index (χ4v) is 2.44. The lowest BCUT2D eigenvalue weighted by Gasteiger charge is -2.15. The Bertz CT molecular complexity index is 972. The summed E-state index contributed by atoms with van der Waals surface area (Å²) in [5.41, 5.74) is 1.95. The van der Waals surface area contributed by atoms with Gasteiger partial charge in [0.05, 0.1) is 10.9 Å². The molecule has 2 heterocycles. The topological polar surface area (TPSA) is 94.8 Å². The first-order valence-corrected chi connectivity index (χ1v) is 7.22. The molecule has 3 N–H and O–H groups in total. The molecule has 0 spiro atoms. The van der Waals surface area contributed by atoms with Crippen molar-refractivity contribution >= 4 is 22.5 Å². The molecular formula is C17H15N3O3. The molecule has 4 rings (SSSR count). The van der Waals surface area contributed by atoms with Crippen LogP contribution in [0.1, 0.15) is 12.0 Å². The summed E-state index contributed by atoms with van der Waals surface area (Å²) in [5, 5.41) is 3.32. The molecule has 2 aromatic carbocycles. The van der Waals surface area contributed by atoms with Gasteiger partial charge < -0.3 is 10.3 Å². The minimum Gasteiger partial charge on any atom is -0.326 e. The molecular weight excluding hydrogens is 294 g/mol. The van der Waals surface area contributed by atoms with Gasteiger partial charge in [-0.15, -0.1) is 0 Å². The van der Waals surface area contributed by atoms with Gasteiger partial charge in [0.2, 0.25) is 5.91 Å². The largest absolute Gasteiger partial charge is 0.326 e. The van der Waals surface area contributed by atoms with Crippen LogP contribution < -0.4 is 16.6 Å². The van der Waals surface area contributed by atoms with Crippen LogP contribution in [-0.2, 0) is 11.2 Å². The van der Waals surface area contributed by atoms with Crippen LogP contribution in [0.4, 0.5) is 5.69 Å². The van der Waals surface area contributed by atoms with Crippen LogP contribution in [0.3, 0.4) is 0 Å². The van der Waals surface area contributed by atoms with E-state index in [0.717, 1.165) is 12.1 Å². The van der Waals surface area contributed by atoms with Crippen molar-refractivity contribution in [2.45, 2.75) is 12.8 Å². The second-order valence-electron chi connectivity index (χ2n) is 5.16. The van der Waals surface area contributed by atoms with Gasteiger partial charge in [0, 0.05) is 12.1 Å². The van der Waals surface area contributed by atoms with E-state index in [9.17, 15) is 14.4 Å². The fraction of sp³-hybridized carbons (Fsp3) is 0.118. The number of aryl methyl sites for hydroxylation is 1. The first-order valence-electron chi connectivity index (χ1n) is 7.22. The van der Waals surface area contributed by atoms with E-state index in [1.165, 1.54) is 5.56 Å². The molecule has 116 valence electrons. The molecule has 1 aliphatic heterocycles. The Balaban J connectivity index is 0.000000136. The average Bonchev–Trinajstić information content (AvgIpc) is 2.55. The smallest absolute Gasteiger partial charge is 0.326 e. The number of rotatable bonds is 0. The molecule has 0 fully saturated rings. The second-order valence-corrected chi connectivity index (χ2v) is 5.16. The van der Waals surface area contributed by atoms with Gasteiger partial charge in [-0.1, -0.05) is 30.3 Å². The summed E-state index contributed by atoms with van der Waals surface area (Å²) >= 11 is 0. The number of anilines is 1. The number of H-pyrrole nitrogens is 2. The number of aromatic amines is 2. The van der Waals surface area contributed by atoms with Crippen LogP contribution in [0, 0.1) is 0 Å². The highest BCUT2D eigenvalue weighted by Gasteiger charge is 2.12. The summed E-state index contributed by atoms with van der Waals surface area (Å²) in [4.78, 5) is 37.5. The Morgan fingerprint density at radius 1 is 0.783 bits per heavy atom. The number of fused-ring (bicyclic) bond motifs is 2. The van der Waals surface area contributed by atoms with Gasteiger partial charge in [-0.3, -0.25) is 14.6 Å². The molecule has 0 saturated carbocycles. The molecule has 0 aliphatic carbocycles. The summed E-state index contributed by atoms with van der Waals surface area (Å²) < 4.78 is 0. The van der Waals surface area contributed by atoms with Crippen LogP contribution in [0.5, 0.6) is 0 Å². The summed E-state index contributed by atoms with van der Waals surface area (Å²) in [6.07, 6.45) is 1.50. The first kappa shape index (κ1) is 14.8. The molecule has 3 aromatic rings. The van der Waals surface area contributed by atoms with Crippen LogP contribution in [-0.4, -0.2) is 15.9 Å². The minimum absolute atomic E-state index is 0.128. The Labute approximate surface area is 131 Å². The SMILES string of the molecule is O=C1CCc2ccccc2N1.O=c1[nH]c(=O)c2ccccc2[nH]1. The highest BCUT2D eigenvalue weighted by Crippen LogP contribution is 2.20. The van der Waals surface area contributed by atoms with Crippen molar-refractivity contribution in [2.75, 3.05) is 5.32 Å². The zero-order valence-electron chi connectivity index (χ0n) is 12.3. The van der Waals surface area contributed by atoms with Crippen molar-refractivity contribution in [3.8, 4) is 0 Å². The molecule has 1 aliphatic rings. The second kappa shape index (κ2) is 6.31. The lowest BCUT2D eigenvalue weighted by atomic mass is 10.0. The predicted molar refractivity (Wildman–Crippen MR) is 88.6 cm³/mol. The van der Waals surface area contributed by atoms with Gasteiger partial charge in [-0.2, -0.15) is 0 Å². The lowest BCUT2D eigenvalue weighted by molar-refractivity contribution is -0.116. The van der Waals surface area contributed by atoms with Crippen molar-refractivity contribution in [2.24, 2.45) is 0 Å². The summed E-state index contributed by atoms with van der Waals surface area (Å²) in [6, 6.07) is 14.8. The van der Waals surface area contributed by atoms with Crippen molar-refractivity contribution in [3.63, 3.8) is 0 Å². The van der Waals surface area contributed by atoms with E-state index in [1.54, 1.807) is 24.3 Å². The number of nitrogens with one attached hydrogen (secondary N) is 3. The lowest BCUT2D eigenvalue weighted by Crippen LogP contribution is -2.21. The van der Waals surface area contributed by atoms with Gasteiger partial charge >= 0.3 is 5.69 Å². The van der Waals surface area contributed by atoms with E-state index < -0.39 is 5.69 Å². The third-order valence-electron chi connectivity index (χ3n) is 3.56. The number of carbonyl (C=O) groups excluding carboxylic acids is 1. The summed E-state index contributed by atoms with van der Waals surface area (Å²) in [6.45, 7) is 0. The van der Waals surface area contributed by atoms with E-state index in [-0.39, 0.29) is 11.5 Å². The minimum atomic E-state index is -0.473. The third kappa shape index (κ3) is 3.37. The Hall–Kier alpha value is -3.15. The number of aromatic nitrogens is 2. The zero-order valence-corrected chi connectivity index (χ0v) is 12.3. The number of para-hydroxylation sites is 2. The van der Waals surface area contributed by atoms with Crippen LogP contribution in [0.15, 0.2) is 58.1 Å². The molecule has 0 bridgehead atoms. The highest BCUT2D eigenvalue weighted by molar-refractivity contribution is 5.93. The van der Waals surface area contributed by atoms with Crippen molar-refractivity contribution in [1.82, 2.24) is 9.97 Å². The standard InChI is InChI=1S/C9H9NO.C8H6N2O2/c11-9-6-5-7-3-1-2-4-8(7)10-9;11-7-5-3-1-2-4-6(5)9-8(12)10-7/h1-4H,5-6H2,(H,10,11);1-4H,(H2,9,10,11,12). The van der Waals surface area contributed by atoms with Crippen LogP contribution in [0.2, 0.25) is 0 Å². The molecule has 0 unspecified atom stereocenters. The Kier molecular flexibility index (Phi) is 4.05. The van der Waals surface area contributed by atoms with Gasteiger partial charge in [0.15, 0.2) is 0 Å². The number of benzene rings is 2. The normalized spacial score (nSPS) is 12.8. The molecule has 1 aromatic heterocycles. The van der Waals surface area contributed by atoms with E-state index in [4.69, 9.17) is 0 Å². The van der Waals surface area contributed by atoms with Crippen molar-refractivity contribution in [3.05, 3.63) is 74.9 Å². The Morgan fingerprint density at radius 2 is 1.52 bits per heavy atom. The predicted octanol–water partition coefficient (Wildman–Crippen LogP) is 1.79. The number of hydrogen-bond acceptors (Lipinski definition) is 3. The summed E-state index contributed by atoms with van der Waals surface area (Å²) in [5.74, 6) is 0.128. The van der Waals surface area contributed by atoms with Crippen LogP contribution >= 0.6 is 0 Å². The van der Waals surface area contributed by atoms with E-state index >= 15 is 0 Å². The van der Waals surface area contributed by atoms with Crippen LogP contribution in [0.25, 0.3) is 10.9 Å². The third-order valence-corrected chi connectivity index (χ3v) is 3.56. The number of amides is 1. The number of hydrogen-bond donors (Lipinski definition) is 3. The number of carbonyl (C=O) groups is 1. The maximum absolute atomic E-state index is 11.1. The fourth-order valence-electron chi connectivity index (χ4n) is 2.44. The van der Waals surface area contributed by atoms with Gasteiger partial charge in [0.1, 0.15) is 0 Å². The maximum atomic E-state index is 11.1. The molecule has 0 atom stereocenters. The van der Waals surface area contributed by atoms with E-state index in [0.29, 0.717) is 17.3 Å². The van der Waals surface area contributed by atoms with E-state index in [2.05, 4.69) is 21.4 Å². The monoisotopic (exact) mass is 309 g/mol. The van der Waals surface area contributed by atoms with Gasteiger partial charge in [-0.25, -0.2) is 4.79 Å².